The van der Waals surface area contributed by atoms with E-state index in [0.717, 1.165) is 6.54 Å². The van der Waals surface area contributed by atoms with Gasteiger partial charge in [-0.15, -0.1) is 0 Å². The van der Waals surface area contributed by atoms with E-state index < -0.39 is 0 Å². The molecule has 3 saturated heterocycles. The molecule has 2 N–H and O–H groups in total. The van der Waals surface area contributed by atoms with Gasteiger partial charge in [-0.1, -0.05) is 0 Å². The number of hydrogen-bond donors (Lipinski definition) is 1. The van der Waals surface area contributed by atoms with Crippen molar-refractivity contribution in [3.8, 4) is 0 Å². The molecule has 52 valence electrons. The van der Waals surface area contributed by atoms with Crippen LogP contribution in [0.4, 0.5) is 0 Å². The number of nitrogens with zero attached hydrogens (tertiary/aromatic N) is 2. The Hall–Kier alpha value is -0.120. The summed E-state index contributed by atoms with van der Waals surface area (Å²) < 4.78 is 0. The first kappa shape index (κ1) is 5.65. The highest BCUT2D eigenvalue weighted by Gasteiger charge is 2.28. The van der Waals surface area contributed by atoms with Gasteiger partial charge in [0.05, 0.1) is 6.17 Å². The van der Waals surface area contributed by atoms with Crippen molar-refractivity contribution in [1.82, 2.24) is 9.80 Å². The highest BCUT2D eigenvalue weighted by atomic mass is 15.4. The molecule has 3 fully saturated rings. The molecule has 0 aromatic rings. The van der Waals surface area contributed by atoms with E-state index in [9.17, 15) is 0 Å². The lowest BCUT2D eigenvalue weighted by Gasteiger charge is -2.45. The Labute approximate surface area is 55.4 Å². The van der Waals surface area contributed by atoms with E-state index in [4.69, 9.17) is 5.73 Å². The highest BCUT2D eigenvalue weighted by molar-refractivity contribution is 4.84. The zero-order chi connectivity index (χ0) is 6.27. The summed E-state index contributed by atoms with van der Waals surface area (Å²) >= 11 is 0. The SMILES string of the molecule is NC1CN2CCN1CC2. The normalized spacial score (nSPS) is 49.7. The standard InChI is InChI=1S/C6H13N3/c7-6-5-8-1-3-9(6)4-2-8/h6H,1-5,7H2. The third-order valence-corrected chi connectivity index (χ3v) is 2.32. The average Bonchev–Trinajstić information content (AvgIpc) is 1.90. The summed E-state index contributed by atoms with van der Waals surface area (Å²) in [5.74, 6) is 0. The molecule has 0 amide bonds. The molecule has 3 aliphatic heterocycles. The van der Waals surface area contributed by atoms with Crippen LogP contribution in [0.25, 0.3) is 0 Å². The summed E-state index contributed by atoms with van der Waals surface area (Å²) in [5, 5.41) is 0. The van der Waals surface area contributed by atoms with Crippen molar-refractivity contribution in [2.45, 2.75) is 6.17 Å². The maximum Gasteiger partial charge on any atom is 0.0703 e. The van der Waals surface area contributed by atoms with Gasteiger partial charge in [0.25, 0.3) is 0 Å². The summed E-state index contributed by atoms with van der Waals surface area (Å²) in [5.41, 5.74) is 5.80. The molecule has 1 unspecified atom stereocenters. The van der Waals surface area contributed by atoms with Gasteiger partial charge in [-0.3, -0.25) is 9.80 Å². The fourth-order valence-electron chi connectivity index (χ4n) is 1.66. The maximum atomic E-state index is 5.80. The molecule has 3 nitrogen and oxygen atoms in total. The zero-order valence-corrected chi connectivity index (χ0v) is 5.58. The molecular weight excluding hydrogens is 114 g/mol. The van der Waals surface area contributed by atoms with Gasteiger partial charge in [0.1, 0.15) is 0 Å². The van der Waals surface area contributed by atoms with E-state index in [0.29, 0.717) is 6.17 Å². The van der Waals surface area contributed by atoms with Gasteiger partial charge >= 0.3 is 0 Å². The molecule has 0 aliphatic carbocycles. The molecule has 1 atom stereocenters. The van der Waals surface area contributed by atoms with Gasteiger partial charge in [-0.25, -0.2) is 0 Å². The average molecular weight is 127 g/mol. The van der Waals surface area contributed by atoms with Gasteiger partial charge in [-0.05, 0) is 0 Å². The second kappa shape index (κ2) is 1.94. The Morgan fingerprint density at radius 2 is 1.78 bits per heavy atom. The molecule has 9 heavy (non-hydrogen) atoms. The molecule has 0 radical (unpaired) electrons. The maximum absolute atomic E-state index is 5.80. The van der Waals surface area contributed by atoms with Gasteiger partial charge < -0.3 is 5.73 Å². The van der Waals surface area contributed by atoms with Crippen LogP contribution in [0.1, 0.15) is 0 Å². The van der Waals surface area contributed by atoms with Gasteiger partial charge in [0, 0.05) is 32.7 Å². The van der Waals surface area contributed by atoms with E-state index in [1.165, 1.54) is 26.2 Å². The van der Waals surface area contributed by atoms with Gasteiger partial charge in [0.2, 0.25) is 0 Å². The minimum atomic E-state index is 0.326. The summed E-state index contributed by atoms with van der Waals surface area (Å²) in [4.78, 5) is 4.80. The number of hydrogen-bond acceptors (Lipinski definition) is 3. The van der Waals surface area contributed by atoms with E-state index in [1.54, 1.807) is 0 Å². The predicted molar refractivity (Wildman–Crippen MR) is 36.0 cm³/mol. The summed E-state index contributed by atoms with van der Waals surface area (Å²) in [6.07, 6.45) is 0.326. The minimum absolute atomic E-state index is 0.326. The lowest BCUT2D eigenvalue weighted by Crippen LogP contribution is -2.63. The second-order valence-electron chi connectivity index (χ2n) is 2.90. The Bertz CT molecular complexity index is 107. The van der Waals surface area contributed by atoms with Crippen LogP contribution in [-0.4, -0.2) is 48.7 Å². The molecule has 0 saturated carbocycles. The number of piperazine rings is 3. The van der Waals surface area contributed by atoms with E-state index in [-0.39, 0.29) is 0 Å². The first-order chi connectivity index (χ1) is 4.36. The predicted octanol–water partition coefficient (Wildman–Crippen LogP) is -1.10. The van der Waals surface area contributed by atoms with Crippen LogP contribution in [0.15, 0.2) is 0 Å². The largest absolute Gasteiger partial charge is 0.315 e. The monoisotopic (exact) mass is 127 g/mol. The molecule has 3 heteroatoms. The highest BCUT2D eigenvalue weighted by Crippen LogP contribution is 2.10. The molecule has 2 bridgehead atoms. The van der Waals surface area contributed by atoms with Crippen molar-refractivity contribution < 1.29 is 0 Å². The summed E-state index contributed by atoms with van der Waals surface area (Å²) in [6, 6.07) is 0. The first-order valence-corrected chi connectivity index (χ1v) is 3.58. The molecular formula is C6H13N3. The van der Waals surface area contributed by atoms with Gasteiger partial charge in [0.15, 0.2) is 0 Å². The van der Waals surface area contributed by atoms with Crippen LogP contribution in [0.5, 0.6) is 0 Å². The quantitative estimate of drug-likeness (QED) is 0.448. The Morgan fingerprint density at radius 3 is 2.00 bits per heavy atom. The molecule has 0 spiro atoms. The van der Waals surface area contributed by atoms with Crippen molar-refractivity contribution in [3.63, 3.8) is 0 Å². The zero-order valence-electron chi connectivity index (χ0n) is 5.58. The molecule has 3 rings (SSSR count). The summed E-state index contributed by atoms with van der Waals surface area (Å²) in [6.45, 7) is 5.91. The molecule has 3 aliphatic rings. The van der Waals surface area contributed by atoms with Crippen molar-refractivity contribution in [2.75, 3.05) is 32.7 Å². The van der Waals surface area contributed by atoms with Crippen molar-refractivity contribution in [3.05, 3.63) is 0 Å². The van der Waals surface area contributed by atoms with E-state index in [1.807, 2.05) is 0 Å². The minimum Gasteiger partial charge on any atom is -0.315 e. The van der Waals surface area contributed by atoms with E-state index >= 15 is 0 Å². The van der Waals surface area contributed by atoms with E-state index in [2.05, 4.69) is 9.80 Å². The lowest BCUT2D eigenvalue weighted by molar-refractivity contribution is 0.0161. The number of fused-ring (bicyclic) bond motifs is 3. The summed E-state index contributed by atoms with van der Waals surface area (Å²) in [7, 11) is 0. The first-order valence-electron chi connectivity index (χ1n) is 3.58. The Morgan fingerprint density at radius 1 is 1.11 bits per heavy atom. The number of rotatable bonds is 0. The Balaban J connectivity index is 2.06. The topological polar surface area (TPSA) is 32.5 Å². The molecule has 0 aromatic heterocycles. The van der Waals surface area contributed by atoms with Gasteiger partial charge in [-0.2, -0.15) is 0 Å². The third-order valence-electron chi connectivity index (χ3n) is 2.32. The van der Waals surface area contributed by atoms with Crippen LogP contribution in [0.3, 0.4) is 0 Å². The smallest absolute Gasteiger partial charge is 0.0703 e. The fraction of sp³-hybridized carbons (Fsp3) is 1.00. The van der Waals surface area contributed by atoms with Crippen molar-refractivity contribution >= 4 is 0 Å². The van der Waals surface area contributed by atoms with Crippen LogP contribution < -0.4 is 5.73 Å². The fourth-order valence-corrected chi connectivity index (χ4v) is 1.66. The second-order valence-corrected chi connectivity index (χ2v) is 2.90. The van der Waals surface area contributed by atoms with Crippen molar-refractivity contribution in [1.29, 1.82) is 0 Å². The van der Waals surface area contributed by atoms with Crippen LogP contribution in [-0.2, 0) is 0 Å². The van der Waals surface area contributed by atoms with Crippen LogP contribution in [0.2, 0.25) is 0 Å². The van der Waals surface area contributed by atoms with Crippen LogP contribution in [0, 0.1) is 0 Å². The molecule has 3 heterocycles. The Kier molecular flexibility index (Phi) is 1.22. The van der Waals surface area contributed by atoms with Crippen molar-refractivity contribution in [2.24, 2.45) is 5.73 Å². The molecule has 0 aromatic carbocycles. The number of nitrogens with two attached hydrogens (primary N) is 1. The lowest BCUT2D eigenvalue weighted by atomic mass is 10.2. The third kappa shape index (κ3) is 0.852. The van der Waals surface area contributed by atoms with Crippen LogP contribution >= 0.6 is 0 Å².